The van der Waals surface area contributed by atoms with Crippen molar-refractivity contribution in [1.82, 2.24) is 30.0 Å². The topological polar surface area (TPSA) is 98.7 Å². The molecular weight excluding hydrogens is 436 g/mol. The third kappa shape index (κ3) is 4.50. The quantitative estimate of drug-likeness (QED) is 0.498. The maximum Gasteiger partial charge on any atom is 0.289 e. The van der Waals surface area contributed by atoms with Crippen LogP contribution in [0.5, 0.6) is 11.5 Å². The van der Waals surface area contributed by atoms with Gasteiger partial charge in [-0.1, -0.05) is 13.0 Å². The summed E-state index contributed by atoms with van der Waals surface area (Å²) >= 11 is 0. The van der Waals surface area contributed by atoms with E-state index in [1.807, 2.05) is 27.8 Å². The molecule has 34 heavy (non-hydrogen) atoms. The predicted octanol–water partition coefficient (Wildman–Crippen LogP) is 2.98. The highest BCUT2D eigenvalue weighted by Crippen LogP contribution is 2.36. The lowest BCUT2D eigenvalue weighted by Crippen LogP contribution is -2.50. The van der Waals surface area contributed by atoms with E-state index in [0.717, 1.165) is 17.8 Å². The predicted molar refractivity (Wildman–Crippen MR) is 125 cm³/mol. The van der Waals surface area contributed by atoms with Gasteiger partial charge in [-0.05, 0) is 60.5 Å². The van der Waals surface area contributed by atoms with E-state index in [4.69, 9.17) is 13.9 Å². The van der Waals surface area contributed by atoms with Gasteiger partial charge in [-0.15, -0.1) is 5.10 Å². The number of aromatic nitrogens is 4. The Morgan fingerprint density at radius 3 is 2.47 bits per heavy atom. The fourth-order valence-corrected chi connectivity index (χ4v) is 4.23. The Bertz CT molecular complexity index is 1100. The summed E-state index contributed by atoms with van der Waals surface area (Å²) in [5, 5.41) is 12.9. The van der Waals surface area contributed by atoms with E-state index >= 15 is 0 Å². The first-order chi connectivity index (χ1) is 16.4. The molecule has 0 saturated carbocycles. The fourth-order valence-electron chi connectivity index (χ4n) is 4.23. The zero-order valence-corrected chi connectivity index (χ0v) is 20.4. The SMILES string of the molecule is CCC(C)(C)n1nnnc1[C@@H](c1ccc(OC)c(OC)c1)N1CCN(C(=O)c2ccco2)CC1. The Kier molecular flexibility index (Phi) is 6.87. The van der Waals surface area contributed by atoms with Gasteiger partial charge < -0.3 is 18.8 Å². The summed E-state index contributed by atoms with van der Waals surface area (Å²) in [4.78, 5) is 16.9. The first-order valence-corrected chi connectivity index (χ1v) is 11.5. The molecule has 3 heterocycles. The first-order valence-electron chi connectivity index (χ1n) is 11.5. The van der Waals surface area contributed by atoms with Crippen molar-refractivity contribution in [3.63, 3.8) is 0 Å². The molecule has 1 saturated heterocycles. The van der Waals surface area contributed by atoms with Crippen LogP contribution < -0.4 is 9.47 Å². The van der Waals surface area contributed by atoms with Gasteiger partial charge >= 0.3 is 0 Å². The van der Waals surface area contributed by atoms with Crippen LogP contribution in [0.3, 0.4) is 0 Å². The molecule has 2 aromatic heterocycles. The normalized spacial score (nSPS) is 15.9. The largest absolute Gasteiger partial charge is 0.493 e. The van der Waals surface area contributed by atoms with E-state index in [-0.39, 0.29) is 17.5 Å². The Balaban J connectivity index is 1.68. The summed E-state index contributed by atoms with van der Waals surface area (Å²) in [6, 6.07) is 9.10. The van der Waals surface area contributed by atoms with Gasteiger partial charge in [0.1, 0.15) is 0 Å². The van der Waals surface area contributed by atoms with E-state index in [2.05, 4.69) is 41.2 Å². The van der Waals surface area contributed by atoms with Crippen molar-refractivity contribution in [3.05, 3.63) is 53.7 Å². The van der Waals surface area contributed by atoms with Gasteiger partial charge in [0.05, 0.1) is 32.1 Å². The minimum Gasteiger partial charge on any atom is -0.493 e. The Morgan fingerprint density at radius 1 is 1.12 bits per heavy atom. The van der Waals surface area contributed by atoms with Crippen molar-refractivity contribution in [2.45, 2.75) is 38.8 Å². The lowest BCUT2D eigenvalue weighted by atomic mass is 9.98. The molecule has 182 valence electrons. The van der Waals surface area contributed by atoms with Crippen LogP contribution >= 0.6 is 0 Å². The van der Waals surface area contributed by atoms with Gasteiger partial charge in [0.2, 0.25) is 0 Å². The molecule has 0 aliphatic carbocycles. The highest BCUT2D eigenvalue weighted by molar-refractivity contribution is 5.91. The minimum absolute atomic E-state index is 0.0933. The van der Waals surface area contributed by atoms with Crippen LogP contribution in [0.4, 0.5) is 0 Å². The van der Waals surface area contributed by atoms with Crippen molar-refractivity contribution in [2.24, 2.45) is 0 Å². The van der Waals surface area contributed by atoms with E-state index < -0.39 is 0 Å². The summed E-state index contributed by atoms with van der Waals surface area (Å²) in [6.45, 7) is 8.83. The molecule has 0 unspecified atom stereocenters. The number of hydrogen-bond donors (Lipinski definition) is 0. The third-order valence-electron chi connectivity index (χ3n) is 6.60. The van der Waals surface area contributed by atoms with Gasteiger partial charge in [-0.3, -0.25) is 9.69 Å². The van der Waals surface area contributed by atoms with Gasteiger partial charge in [-0.2, -0.15) is 0 Å². The maximum atomic E-state index is 12.8. The average molecular weight is 469 g/mol. The van der Waals surface area contributed by atoms with E-state index in [9.17, 15) is 4.79 Å². The number of hydrogen-bond acceptors (Lipinski definition) is 8. The molecule has 3 aromatic rings. The number of benzene rings is 1. The molecule has 0 bridgehead atoms. The fraction of sp³-hybridized carbons (Fsp3) is 0.500. The highest BCUT2D eigenvalue weighted by Gasteiger charge is 2.35. The number of carbonyl (C=O) groups is 1. The van der Waals surface area contributed by atoms with Crippen LogP contribution in [0.2, 0.25) is 0 Å². The molecule has 10 heteroatoms. The van der Waals surface area contributed by atoms with Crippen molar-refractivity contribution < 1.29 is 18.7 Å². The smallest absolute Gasteiger partial charge is 0.289 e. The molecule has 0 radical (unpaired) electrons. The molecule has 1 aliphatic rings. The van der Waals surface area contributed by atoms with Crippen LogP contribution in [-0.2, 0) is 5.54 Å². The number of rotatable bonds is 8. The van der Waals surface area contributed by atoms with Crippen LogP contribution in [0, 0.1) is 0 Å². The average Bonchev–Trinajstić information content (AvgIpc) is 3.57. The molecule has 10 nitrogen and oxygen atoms in total. The molecule has 1 atom stereocenters. The number of carbonyl (C=O) groups excluding carboxylic acids is 1. The van der Waals surface area contributed by atoms with E-state index in [1.165, 1.54) is 6.26 Å². The van der Waals surface area contributed by atoms with Crippen molar-refractivity contribution in [3.8, 4) is 11.5 Å². The molecule has 4 rings (SSSR count). The van der Waals surface area contributed by atoms with Crippen LogP contribution in [0.1, 0.15) is 55.2 Å². The number of piperazine rings is 1. The van der Waals surface area contributed by atoms with Gasteiger partial charge in [0.25, 0.3) is 5.91 Å². The Labute approximate surface area is 199 Å². The van der Waals surface area contributed by atoms with Crippen molar-refractivity contribution >= 4 is 5.91 Å². The molecule has 1 aromatic carbocycles. The zero-order chi connectivity index (χ0) is 24.3. The first kappa shape index (κ1) is 23.7. The molecule has 1 amide bonds. The number of tetrazole rings is 1. The lowest BCUT2D eigenvalue weighted by molar-refractivity contribution is 0.0555. The van der Waals surface area contributed by atoms with E-state index in [0.29, 0.717) is 43.4 Å². The second-order valence-electron chi connectivity index (χ2n) is 8.94. The Hall–Kier alpha value is -3.40. The summed E-state index contributed by atoms with van der Waals surface area (Å²) in [5.74, 6) is 2.32. The van der Waals surface area contributed by atoms with E-state index in [1.54, 1.807) is 26.4 Å². The lowest BCUT2D eigenvalue weighted by Gasteiger charge is -2.39. The van der Waals surface area contributed by atoms with Gasteiger partial charge in [0.15, 0.2) is 23.1 Å². The molecule has 1 aliphatic heterocycles. The van der Waals surface area contributed by atoms with Crippen LogP contribution in [0.15, 0.2) is 41.0 Å². The summed E-state index contributed by atoms with van der Waals surface area (Å²) in [5.41, 5.74) is 0.733. The van der Waals surface area contributed by atoms with Gasteiger partial charge in [0, 0.05) is 26.2 Å². The van der Waals surface area contributed by atoms with Gasteiger partial charge in [-0.25, -0.2) is 4.68 Å². The minimum atomic E-state index is -0.259. The third-order valence-corrected chi connectivity index (χ3v) is 6.60. The highest BCUT2D eigenvalue weighted by atomic mass is 16.5. The van der Waals surface area contributed by atoms with Crippen LogP contribution in [-0.4, -0.2) is 76.3 Å². The zero-order valence-electron chi connectivity index (χ0n) is 20.4. The molecule has 1 fully saturated rings. The number of amides is 1. The standard InChI is InChI=1S/C24H32N6O4/c1-6-24(2,3)30-22(25-26-27-30)21(17-9-10-18(32-4)20(16-17)33-5)28-11-13-29(14-12-28)23(31)19-8-7-15-34-19/h7-10,15-16,21H,6,11-14H2,1-5H3/t21-/m1/s1. The molecule has 0 spiro atoms. The van der Waals surface area contributed by atoms with Crippen molar-refractivity contribution in [1.29, 1.82) is 0 Å². The summed E-state index contributed by atoms with van der Waals surface area (Å²) in [6.07, 6.45) is 2.39. The van der Waals surface area contributed by atoms with Crippen LogP contribution in [0.25, 0.3) is 0 Å². The number of ether oxygens (including phenoxy) is 2. The number of methoxy groups -OCH3 is 2. The number of nitrogens with zero attached hydrogens (tertiary/aromatic N) is 6. The molecule has 0 N–H and O–H groups in total. The number of furan rings is 1. The second kappa shape index (κ2) is 9.84. The monoisotopic (exact) mass is 468 g/mol. The van der Waals surface area contributed by atoms with Crippen molar-refractivity contribution in [2.75, 3.05) is 40.4 Å². The summed E-state index contributed by atoms with van der Waals surface area (Å²) in [7, 11) is 3.24. The maximum absolute atomic E-state index is 12.8. The molecular formula is C24H32N6O4. The second-order valence-corrected chi connectivity index (χ2v) is 8.94. The Morgan fingerprint density at radius 2 is 1.85 bits per heavy atom. The summed E-state index contributed by atoms with van der Waals surface area (Å²) < 4.78 is 18.2.